The SMILES string of the molecule is CC(C)(C)[Si](C)(C)O[C@H]1CC[C@@H](c2ccc(N)cc2)CC1. The topological polar surface area (TPSA) is 35.2 Å². The monoisotopic (exact) mass is 305 g/mol. The third kappa shape index (κ3) is 4.10. The van der Waals surface area contributed by atoms with Crippen LogP contribution in [-0.4, -0.2) is 14.4 Å². The number of rotatable bonds is 3. The Morgan fingerprint density at radius 1 is 1.00 bits per heavy atom. The van der Waals surface area contributed by atoms with Crippen molar-refractivity contribution in [1.82, 2.24) is 0 Å². The molecular weight excluding hydrogens is 274 g/mol. The van der Waals surface area contributed by atoms with Gasteiger partial charge < -0.3 is 10.2 Å². The van der Waals surface area contributed by atoms with Crippen molar-refractivity contribution in [3.63, 3.8) is 0 Å². The molecule has 0 aromatic heterocycles. The zero-order valence-corrected chi connectivity index (χ0v) is 15.3. The summed E-state index contributed by atoms with van der Waals surface area (Å²) in [5, 5.41) is 0.306. The number of hydrogen-bond acceptors (Lipinski definition) is 2. The molecule has 0 amide bonds. The minimum Gasteiger partial charge on any atom is -0.414 e. The first-order chi connectivity index (χ1) is 9.69. The summed E-state index contributed by atoms with van der Waals surface area (Å²) in [5.41, 5.74) is 8.07. The van der Waals surface area contributed by atoms with E-state index in [0.717, 1.165) is 5.69 Å². The second-order valence-corrected chi connectivity index (χ2v) is 12.8. The van der Waals surface area contributed by atoms with Crippen molar-refractivity contribution >= 4 is 14.0 Å². The van der Waals surface area contributed by atoms with Gasteiger partial charge in [0.1, 0.15) is 0 Å². The van der Waals surface area contributed by atoms with Crippen LogP contribution in [0.15, 0.2) is 24.3 Å². The molecule has 1 aliphatic rings. The van der Waals surface area contributed by atoms with Gasteiger partial charge in [0.25, 0.3) is 0 Å². The molecule has 1 aliphatic carbocycles. The first kappa shape index (κ1) is 16.6. The summed E-state index contributed by atoms with van der Waals surface area (Å²) in [6.07, 6.45) is 5.34. The molecule has 0 spiro atoms. The maximum absolute atomic E-state index is 6.57. The number of anilines is 1. The normalized spacial score (nSPS) is 24.0. The smallest absolute Gasteiger partial charge is 0.192 e. The highest BCUT2D eigenvalue weighted by atomic mass is 28.4. The lowest BCUT2D eigenvalue weighted by Crippen LogP contribution is -2.44. The second-order valence-electron chi connectivity index (χ2n) is 8.02. The molecule has 0 unspecified atom stereocenters. The Balaban J connectivity index is 1.90. The zero-order valence-electron chi connectivity index (χ0n) is 14.3. The van der Waals surface area contributed by atoms with E-state index in [1.807, 2.05) is 12.1 Å². The Kier molecular flexibility index (Phi) is 4.84. The standard InChI is InChI=1S/C18H31NOSi/c1-18(2,3)21(4,5)20-17-12-8-15(9-13-17)14-6-10-16(19)11-7-14/h6-7,10-11,15,17H,8-9,12-13,19H2,1-5H3/t15-,17+. The molecule has 118 valence electrons. The number of nitrogens with two attached hydrogens (primary N) is 1. The molecule has 1 aromatic rings. The fourth-order valence-electron chi connectivity index (χ4n) is 2.88. The third-order valence-corrected chi connectivity index (χ3v) is 9.88. The van der Waals surface area contributed by atoms with Gasteiger partial charge in [0.15, 0.2) is 8.32 Å². The van der Waals surface area contributed by atoms with Crippen molar-refractivity contribution in [3.05, 3.63) is 29.8 Å². The lowest BCUT2D eigenvalue weighted by molar-refractivity contribution is 0.130. The van der Waals surface area contributed by atoms with Crippen LogP contribution in [0.4, 0.5) is 5.69 Å². The van der Waals surface area contributed by atoms with Gasteiger partial charge in [-0.1, -0.05) is 32.9 Å². The summed E-state index contributed by atoms with van der Waals surface area (Å²) < 4.78 is 6.57. The van der Waals surface area contributed by atoms with Gasteiger partial charge in [-0.2, -0.15) is 0 Å². The second kappa shape index (κ2) is 6.13. The largest absolute Gasteiger partial charge is 0.414 e. The summed E-state index contributed by atoms with van der Waals surface area (Å²) in [7, 11) is -1.62. The van der Waals surface area contributed by atoms with Gasteiger partial charge in [0, 0.05) is 11.8 Å². The van der Waals surface area contributed by atoms with E-state index >= 15 is 0 Å². The molecule has 0 radical (unpaired) electrons. The lowest BCUT2D eigenvalue weighted by Gasteiger charge is -2.41. The van der Waals surface area contributed by atoms with Crippen LogP contribution in [0, 0.1) is 0 Å². The first-order valence-corrected chi connectivity index (χ1v) is 11.1. The number of benzene rings is 1. The minimum absolute atomic E-state index is 0.306. The highest BCUT2D eigenvalue weighted by molar-refractivity contribution is 6.74. The van der Waals surface area contributed by atoms with Gasteiger partial charge >= 0.3 is 0 Å². The highest BCUT2D eigenvalue weighted by Crippen LogP contribution is 2.41. The molecule has 2 N–H and O–H groups in total. The molecule has 1 aromatic carbocycles. The summed E-state index contributed by atoms with van der Waals surface area (Å²) in [6, 6.07) is 8.42. The molecule has 0 aliphatic heterocycles. The van der Waals surface area contributed by atoms with Crippen LogP contribution < -0.4 is 5.73 Å². The molecule has 2 nitrogen and oxygen atoms in total. The molecule has 21 heavy (non-hydrogen) atoms. The van der Waals surface area contributed by atoms with Gasteiger partial charge in [-0.05, 0) is 67.4 Å². The maximum Gasteiger partial charge on any atom is 0.192 e. The molecule has 0 bridgehead atoms. The summed E-state index contributed by atoms with van der Waals surface area (Å²) >= 11 is 0. The van der Waals surface area contributed by atoms with Crippen LogP contribution in [0.2, 0.25) is 18.1 Å². The van der Waals surface area contributed by atoms with Crippen LogP contribution in [-0.2, 0) is 4.43 Å². The average molecular weight is 306 g/mol. The number of nitrogen functional groups attached to an aromatic ring is 1. The lowest BCUT2D eigenvalue weighted by atomic mass is 9.83. The van der Waals surface area contributed by atoms with Crippen molar-refractivity contribution in [3.8, 4) is 0 Å². The minimum atomic E-state index is -1.62. The van der Waals surface area contributed by atoms with E-state index in [4.69, 9.17) is 10.2 Å². The highest BCUT2D eigenvalue weighted by Gasteiger charge is 2.39. The maximum atomic E-state index is 6.57. The summed E-state index contributed by atoms with van der Waals surface area (Å²) in [5.74, 6) is 0.685. The van der Waals surface area contributed by atoms with E-state index in [0.29, 0.717) is 17.1 Å². The molecule has 1 fully saturated rings. The first-order valence-electron chi connectivity index (χ1n) is 8.22. The predicted molar refractivity (Wildman–Crippen MR) is 94.1 cm³/mol. The third-order valence-electron chi connectivity index (χ3n) is 5.35. The van der Waals surface area contributed by atoms with Crippen LogP contribution in [0.3, 0.4) is 0 Å². The van der Waals surface area contributed by atoms with Crippen LogP contribution in [0.25, 0.3) is 0 Å². The van der Waals surface area contributed by atoms with E-state index in [1.54, 1.807) is 0 Å². The predicted octanol–water partition coefficient (Wildman–Crippen LogP) is 5.32. The molecule has 3 heteroatoms. The fourth-order valence-corrected chi connectivity index (χ4v) is 4.30. The van der Waals surface area contributed by atoms with E-state index in [9.17, 15) is 0 Å². The Morgan fingerprint density at radius 2 is 1.52 bits per heavy atom. The molecule has 0 heterocycles. The van der Waals surface area contributed by atoms with E-state index in [-0.39, 0.29) is 0 Å². The van der Waals surface area contributed by atoms with Gasteiger partial charge in [-0.15, -0.1) is 0 Å². The zero-order chi connectivity index (χ0) is 15.7. The average Bonchev–Trinajstić information content (AvgIpc) is 2.39. The quantitative estimate of drug-likeness (QED) is 0.606. The fraction of sp³-hybridized carbons (Fsp3) is 0.667. The van der Waals surface area contributed by atoms with Gasteiger partial charge in [0.2, 0.25) is 0 Å². The van der Waals surface area contributed by atoms with Crippen LogP contribution in [0.1, 0.15) is 57.9 Å². The molecular formula is C18H31NOSi. The Hall–Kier alpha value is -0.803. The van der Waals surface area contributed by atoms with Crippen molar-refractivity contribution in [1.29, 1.82) is 0 Å². The van der Waals surface area contributed by atoms with E-state index < -0.39 is 8.32 Å². The van der Waals surface area contributed by atoms with E-state index in [2.05, 4.69) is 46.0 Å². The van der Waals surface area contributed by atoms with Crippen molar-refractivity contribution in [2.24, 2.45) is 0 Å². The van der Waals surface area contributed by atoms with Gasteiger partial charge in [0.05, 0.1) is 0 Å². The van der Waals surface area contributed by atoms with Gasteiger partial charge in [-0.25, -0.2) is 0 Å². The molecule has 0 atom stereocenters. The summed E-state index contributed by atoms with van der Waals surface area (Å²) in [4.78, 5) is 0. The van der Waals surface area contributed by atoms with Crippen LogP contribution >= 0.6 is 0 Å². The van der Waals surface area contributed by atoms with Crippen molar-refractivity contribution in [2.75, 3.05) is 5.73 Å². The molecule has 0 saturated heterocycles. The van der Waals surface area contributed by atoms with Crippen LogP contribution in [0.5, 0.6) is 0 Å². The Labute approximate surface area is 131 Å². The Bertz CT molecular complexity index is 453. The van der Waals surface area contributed by atoms with E-state index in [1.165, 1.54) is 31.2 Å². The number of hydrogen-bond donors (Lipinski definition) is 1. The van der Waals surface area contributed by atoms with Crippen molar-refractivity contribution in [2.45, 2.75) is 76.6 Å². The summed E-state index contributed by atoms with van der Waals surface area (Å²) in [6.45, 7) is 11.7. The van der Waals surface area contributed by atoms with Crippen molar-refractivity contribution < 1.29 is 4.43 Å². The van der Waals surface area contributed by atoms with Gasteiger partial charge in [-0.3, -0.25) is 0 Å². The molecule has 2 rings (SSSR count). The Morgan fingerprint density at radius 3 is 2.00 bits per heavy atom. The molecule has 1 saturated carbocycles.